The normalized spacial score (nSPS) is 9.83. The van der Waals surface area contributed by atoms with Crippen molar-refractivity contribution < 1.29 is 4.92 Å². The van der Waals surface area contributed by atoms with Crippen LogP contribution in [0.25, 0.3) is 0 Å². The molecule has 0 spiro atoms. The molecule has 1 rings (SSSR count). The average molecular weight is 230 g/mol. The molecule has 0 bridgehead atoms. The molecule has 0 aliphatic carbocycles. The third-order valence-corrected chi connectivity index (χ3v) is 2.39. The maximum absolute atomic E-state index is 10.5. The fourth-order valence-corrected chi connectivity index (χ4v) is 1.70. The molecule has 0 amide bonds. The van der Waals surface area contributed by atoms with E-state index in [1.807, 2.05) is 13.0 Å². The van der Waals surface area contributed by atoms with E-state index in [1.165, 1.54) is 6.07 Å². The molecular formula is C8H8BrNO2. The van der Waals surface area contributed by atoms with E-state index in [2.05, 4.69) is 15.9 Å². The molecule has 0 radical (unpaired) electrons. The van der Waals surface area contributed by atoms with Gasteiger partial charge in [-0.05, 0) is 12.5 Å². The second-order valence-corrected chi connectivity index (χ2v) is 3.20. The third kappa shape index (κ3) is 1.64. The van der Waals surface area contributed by atoms with Crippen LogP contribution in [-0.4, -0.2) is 4.92 Å². The van der Waals surface area contributed by atoms with Gasteiger partial charge in [0.15, 0.2) is 0 Å². The molecule has 1 aromatic carbocycles. The van der Waals surface area contributed by atoms with E-state index in [4.69, 9.17) is 0 Å². The van der Waals surface area contributed by atoms with E-state index in [9.17, 15) is 10.1 Å². The van der Waals surface area contributed by atoms with E-state index >= 15 is 0 Å². The number of benzene rings is 1. The van der Waals surface area contributed by atoms with Crippen LogP contribution in [0.5, 0.6) is 0 Å². The first-order valence-electron chi connectivity index (χ1n) is 3.58. The maximum Gasteiger partial charge on any atom is 0.273 e. The molecule has 0 aromatic heterocycles. The molecule has 0 unspecified atom stereocenters. The van der Waals surface area contributed by atoms with Gasteiger partial charge in [-0.25, -0.2) is 0 Å². The van der Waals surface area contributed by atoms with Crippen LogP contribution >= 0.6 is 15.9 Å². The van der Waals surface area contributed by atoms with Crippen LogP contribution in [0.1, 0.15) is 12.5 Å². The summed E-state index contributed by atoms with van der Waals surface area (Å²) < 4.78 is 0.805. The molecular weight excluding hydrogens is 222 g/mol. The lowest BCUT2D eigenvalue weighted by Crippen LogP contribution is -1.94. The predicted molar refractivity (Wildman–Crippen MR) is 50.2 cm³/mol. The summed E-state index contributed by atoms with van der Waals surface area (Å²) in [6.07, 6.45) is 0.664. The fourth-order valence-electron chi connectivity index (χ4n) is 1.07. The summed E-state index contributed by atoms with van der Waals surface area (Å²) in [4.78, 5) is 10.2. The highest BCUT2D eigenvalue weighted by molar-refractivity contribution is 9.10. The van der Waals surface area contributed by atoms with Gasteiger partial charge in [-0.3, -0.25) is 10.1 Å². The Bertz CT molecular complexity index is 312. The SMILES string of the molecule is CCc1c(Br)cccc1[N+](=O)[O-]. The van der Waals surface area contributed by atoms with Crippen LogP contribution < -0.4 is 0 Å². The van der Waals surface area contributed by atoms with Crippen molar-refractivity contribution in [2.45, 2.75) is 13.3 Å². The van der Waals surface area contributed by atoms with E-state index in [1.54, 1.807) is 6.07 Å². The summed E-state index contributed by atoms with van der Waals surface area (Å²) in [5.74, 6) is 0. The Morgan fingerprint density at radius 3 is 2.67 bits per heavy atom. The summed E-state index contributed by atoms with van der Waals surface area (Å²) in [6.45, 7) is 1.90. The summed E-state index contributed by atoms with van der Waals surface area (Å²) in [6, 6.07) is 5.00. The molecule has 0 heterocycles. The lowest BCUT2D eigenvalue weighted by atomic mass is 10.1. The van der Waals surface area contributed by atoms with Gasteiger partial charge < -0.3 is 0 Å². The molecule has 0 N–H and O–H groups in total. The van der Waals surface area contributed by atoms with Crippen LogP contribution in [0.4, 0.5) is 5.69 Å². The van der Waals surface area contributed by atoms with Crippen LogP contribution in [0.15, 0.2) is 22.7 Å². The quantitative estimate of drug-likeness (QED) is 0.579. The van der Waals surface area contributed by atoms with E-state index in [0.717, 1.165) is 10.0 Å². The molecule has 0 fully saturated rings. The first-order valence-corrected chi connectivity index (χ1v) is 4.38. The first-order chi connectivity index (χ1) is 5.66. The summed E-state index contributed by atoms with van der Waals surface area (Å²) >= 11 is 3.27. The fraction of sp³-hybridized carbons (Fsp3) is 0.250. The standard InChI is InChI=1S/C8H8BrNO2/c1-2-6-7(9)4-3-5-8(6)10(11)12/h3-5H,2H2,1H3. The molecule has 0 atom stereocenters. The van der Waals surface area contributed by atoms with Crippen LogP contribution in [0.2, 0.25) is 0 Å². The van der Waals surface area contributed by atoms with Gasteiger partial charge in [-0.15, -0.1) is 0 Å². The minimum absolute atomic E-state index is 0.187. The van der Waals surface area contributed by atoms with Gasteiger partial charge >= 0.3 is 0 Å². The zero-order valence-corrected chi connectivity index (χ0v) is 8.17. The molecule has 4 heteroatoms. The molecule has 0 saturated carbocycles. The number of hydrogen-bond donors (Lipinski definition) is 0. The Kier molecular flexibility index (Phi) is 2.81. The van der Waals surface area contributed by atoms with E-state index in [0.29, 0.717) is 6.42 Å². The topological polar surface area (TPSA) is 43.1 Å². The van der Waals surface area contributed by atoms with Gasteiger partial charge in [-0.1, -0.05) is 28.9 Å². The molecule has 0 aliphatic rings. The summed E-state index contributed by atoms with van der Waals surface area (Å²) in [5, 5.41) is 10.5. The molecule has 64 valence electrons. The second kappa shape index (κ2) is 3.67. The number of nitrogens with zero attached hydrogens (tertiary/aromatic N) is 1. The predicted octanol–water partition coefficient (Wildman–Crippen LogP) is 2.92. The van der Waals surface area contributed by atoms with Crippen molar-refractivity contribution >= 4 is 21.6 Å². The van der Waals surface area contributed by atoms with Crippen molar-refractivity contribution in [2.75, 3.05) is 0 Å². The van der Waals surface area contributed by atoms with Crippen LogP contribution in [0.3, 0.4) is 0 Å². The molecule has 3 nitrogen and oxygen atoms in total. The van der Waals surface area contributed by atoms with Crippen LogP contribution in [-0.2, 0) is 6.42 Å². The van der Waals surface area contributed by atoms with E-state index < -0.39 is 0 Å². The largest absolute Gasteiger partial charge is 0.273 e. The van der Waals surface area contributed by atoms with Gasteiger partial charge in [0.25, 0.3) is 5.69 Å². The monoisotopic (exact) mass is 229 g/mol. The summed E-state index contributed by atoms with van der Waals surface area (Å²) in [7, 11) is 0. The first kappa shape index (κ1) is 9.19. The maximum atomic E-state index is 10.5. The number of nitro benzene ring substituents is 1. The number of nitro groups is 1. The Balaban J connectivity index is 3.27. The zero-order valence-electron chi connectivity index (χ0n) is 6.58. The van der Waals surface area contributed by atoms with Gasteiger partial charge in [0.1, 0.15) is 0 Å². The highest BCUT2D eigenvalue weighted by Gasteiger charge is 2.13. The number of hydrogen-bond acceptors (Lipinski definition) is 2. The van der Waals surface area contributed by atoms with Crippen molar-refractivity contribution in [3.8, 4) is 0 Å². The van der Waals surface area contributed by atoms with Crippen molar-refractivity contribution in [1.29, 1.82) is 0 Å². The van der Waals surface area contributed by atoms with Gasteiger partial charge in [0, 0.05) is 16.1 Å². The van der Waals surface area contributed by atoms with Crippen molar-refractivity contribution in [1.82, 2.24) is 0 Å². The molecule has 1 aromatic rings. The smallest absolute Gasteiger partial charge is 0.258 e. The van der Waals surface area contributed by atoms with Crippen molar-refractivity contribution in [2.24, 2.45) is 0 Å². The Labute approximate surface area is 78.7 Å². The Hall–Kier alpha value is -0.900. The molecule has 0 saturated heterocycles. The van der Waals surface area contributed by atoms with Crippen molar-refractivity contribution in [3.05, 3.63) is 38.3 Å². The zero-order chi connectivity index (χ0) is 9.14. The highest BCUT2D eigenvalue weighted by atomic mass is 79.9. The van der Waals surface area contributed by atoms with Gasteiger partial charge in [-0.2, -0.15) is 0 Å². The van der Waals surface area contributed by atoms with Crippen molar-refractivity contribution in [3.63, 3.8) is 0 Å². The molecule has 12 heavy (non-hydrogen) atoms. The third-order valence-electron chi connectivity index (χ3n) is 1.64. The van der Waals surface area contributed by atoms with Gasteiger partial charge in [0.05, 0.1) is 4.92 Å². The van der Waals surface area contributed by atoms with Gasteiger partial charge in [0.2, 0.25) is 0 Å². The minimum atomic E-state index is -0.358. The average Bonchev–Trinajstić information content (AvgIpc) is 2.03. The van der Waals surface area contributed by atoms with Crippen LogP contribution in [0, 0.1) is 10.1 Å². The lowest BCUT2D eigenvalue weighted by Gasteiger charge is -2.00. The number of halogens is 1. The highest BCUT2D eigenvalue weighted by Crippen LogP contribution is 2.26. The Morgan fingerprint density at radius 2 is 2.25 bits per heavy atom. The summed E-state index contributed by atoms with van der Waals surface area (Å²) in [5.41, 5.74) is 0.939. The lowest BCUT2D eigenvalue weighted by molar-refractivity contribution is -0.385. The minimum Gasteiger partial charge on any atom is -0.258 e. The van der Waals surface area contributed by atoms with E-state index in [-0.39, 0.29) is 10.6 Å². The Morgan fingerprint density at radius 1 is 1.58 bits per heavy atom. The number of rotatable bonds is 2. The molecule has 0 aliphatic heterocycles. The second-order valence-electron chi connectivity index (χ2n) is 2.35.